The summed E-state index contributed by atoms with van der Waals surface area (Å²) in [5, 5.41) is 12.9. The highest BCUT2D eigenvalue weighted by molar-refractivity contribution is 6.09. The van der Waals surface area contributed by atoms with Crippen LogP contribution in [0, 0.1) is 20.8 Å². The van der Waals surface area contributed by atoms with Crippen LogP contribution >= 0.6 is 0 Å². The molecule has 6 heteroatoms. The molecule has 1 fully saturated rings. The Bertz CT molecular complexity index is 847. The Hall–Kier alpha value is -2.47. The number of hydrogen-bond acceptors (Lipinski definition) is 4. The molecule has 1 aromatic carbocycles. The number of pyridine rings is 1. The molecule has 2 amide bonds. The number of carbonyl (C=O) groups is 2. The molecule has 0 radical (unpaired) electrons. The second-order valence-electron chi connectivity index (χ2n) is 6.54. The SMILES string of the molecule is Cc1ccc2nc(C)c(C)c(C(=O)N3CCNC(=O)[C@H]3CCO)c2c1. The molecule has 25 heavy (non-hydrogen) atoms. The van der Waals surface area contributed by atoms with Crippen LogP contribution in [0.15, 0.2) is 18.2 Å². The fourth-order valence-electron chi connectivity index (χ4n) is 3.38. The lowest BCUT2D eigenvalue weighted by Crippen LogP contribution is -2.57. The van der Waals surface area contributed by atoms with E-state index in [-0.39, 0.29) is 24.8 Å². The number of benzene rings is 1. The van der Waals surface area contributed by atoms with Gasteiger partial charge in [0.2, 0.25) is 5.91 Å². The molecule has 0 saturated carbocycles. The molecule has 0 spiro atoms. The molecule has 1 aromatic heterocycles. The van der Waals surface area contributed by atoms with Crippen LogP contribution in [0.25, 0.3) is 10.9 Å². The standard InChI is InChI=1S/C19H23N3O3/c1-11-4-5-15-14(10-11)17(12(2)13(3)21-15)19(25)22-8-7-20-18(24)16(22)6-9-23/h4-5,10,16,23H,6-9H2,1-3H3,(H,20,24)/t16-/m1/s1. The number of piperazine rings is 1. The number of aryl methyl sites for hydroxylation is 2. The largest absolute Gasteiger partial charge is 0.396 e. The number of amides is 2. The molecule has 1 saturated heterocycles. The molecule has 0 unspecified atom stereocenters. The van der Waals surface area contributed by atoms with Gasteiger partial charge < -0.3 is 15.3 Å². The summed E-state index contributed by atoms with van der Waals surface area (Å²) in [5.74, 6) is -0.385. The van der Waals surface area contributed by atoms with E-state index in [1.807, 2.05) is 39.0 Å². The van der Waals surface area contributed by atoms with Gasteiger partial charge in [0.1, 0.15) is 6.04 Å². The van der Waals surface area contributed by atoms with Crippen molar-refractivity contribution in [1.82, 2.24) is 15.2 Å². The van der Waals surface area contributed by atoms with Crippen molar-refractivity contribution in [1.29, 1.82) is 0 Å². The molecular weight excluding hydrogens is 318 g/mol. The average molecular weight is 341 g/mol. The highest BCUT2D eigenvalue weighted by Gasteiger charge is 2.34. The number of hydrogen-bond donors (Lipinski definition) is 2. The Morgan fingerprint density at radius 2 is 2.12 bits per heavy atom. The number of aromatic nitrogens is 1. The molecular formula is C19H23N3O3. The van der Waals surface area contributed by atoms with E-state index in [2.05, 4.69) is 10.3 Å². The lowest BCUT2D eigenvalue weighted by molar-refractivity contribution is -0.128. The summed E-state index contributed by atoms with van der Waals surface area (Å²) in [6.45, 7) is 6.47. The van der Waals surface area contributed by atoms with Crippen molar-refractivity contribution in [3.05, 3.63) is 40.6 Å². The Labute approximate surface area is 146 Å². The third-order valence-electron chi connectivity index (χ3n) is 4.84. The number of aliphatic hydroxyl groups is 1. The molecule has 1 atom stereocenters. The number of carbonyl (C=O) groups excluding carboxylic acids is 2. The zero-order valence-corrected chi connectivity index (χ0v) is 14.8. The number of nitrogens with one attached hydrogen (secondary N) is 1. The minimum absolute atomic E-state index is 0.143. The Balaban J connectivity index is 2.14. The van der Waals surface area contributed by atoms with E-state index in [1.165, 1.54) is 0 Å². The average Bonchev–Trinajstić information content (AvgIpc) is 2.58. The lowest BCUT2D eigenvalue weighted by Gasteiger charge is -2.35. The maximum atomic E-state index is 13.4. The van der Waals surface area contributed by atoms with Crippen molar-refractivity contribution in [2.24, 2.45) is 0 Å². The molecule has 3 rings (SSSR count). The molecule has 6 nitrogen and oxygen atoms in total. The summed E-state index contributed by atoms with van der Waals surface area (Å²) < 4.78 is 0. The van der Waals surface area contributed by atoms with Gasteiger partial charge in [0, 0.05) is 30.8 Å². The first-order valence-electron chi connectivity index (χ1n) is 8.51. The predicted molar refractivity (Wildman–Crippen MR) is 95.5 cm³/mol. The fourth-order valence-corrected chi connectivity index (χ4v) is 3.38. The van der Waals surface area contributed by atoms with E-state index >= 15 is 0 Å². The first-order chi connectivity index (χ1) is 11.9. The van der Waals surface area contributed by atoms with Gasteiger partial charge in [-0.3, -0.25) is 14.6 Å². The first-order valence-corrected chi connectivity index (χ1v) is 8.51. The lowest BCUT2D eigenvalue weighted by atomic mass is 9.97. The molecule has 2 heterocycles. The molecule has 0 aliphatic carbocycles. The van der Waals surface area contributed by atoms with Gasteiger partial charge in [-0.1, -0.05) is 11.6 Å². The van der Waals surface area contributed by atoms with E-state index in [0.717, 1.165) is 27.7 Å². The van der Waals surface area contributed by atoms with Gasteiger partial charge in [0.05, 0.1) is 11.1 Å². The molecule has 2 N–H and O–H groups in total. The van der Waals surface area contributed by atoms with E-state index in [1.54, 1.807) is 4.90 Å². The van der Waals surface area contributed by atoms with Gasteiger partial charge in [0.15, 0.2) is 0 Å². The van der Waals surface area contributed by atoms with Gasteiger partial charge in [-0.2, -0.15) is 0 Å². The van der Waals surface area contributed by atoms with Crippen molar-refractivity contribution < 1.29 is 14.7 Å². The Morgan fingerprint density at radius 1 is 1.36 bits per heavy atom. The second-order valence-corrected chi connectivity index (χ2v) is 6.54. The zero-order valence-electron chi connectivity index (χ0n) is 14.8. The van der Waals surface area contributed by atoms with Gasteiger partial charge in [0.25, 0.3) is 5.91 Å². The van der Waals surface area contributed by atoms with Crippen LogP contribution in [0.1, 0.15) is 33.6 Å². The summed E-state index contributed by atoms with van der Waals surface area (Å²) >= 11 is 0. The Morgan fingerprint density at radius 3 is 2.84 bits per heavy atom. The van der Waals surface area contributed by atoms with Crippen LogP contribution in [-0.4, -0.2) is 52.5 Å². The van der Waals surface area contributed by atoms with Crippen LogP contribution in [0.4, 0.5) is 0 Å². The maximum Gasteiger partial charge on any atom is 0.255 e. The summed E-state index contributed by atoms with van der Waals surface area (Å²) in [6, 6.07) is 5.22. The fraction of sp³-hybridized carbons (Fsp3) is 0.421. The minimum atomic E-state index is -0.640. The monoisotopic (exact) mass is 341 g/mol. The summed E-state index contributed by atoms with van der Waals surface area (Å²) in [7, 11) is 0. The van der Waals surface area contributed by atoms with Gasteiger partial charge >= 0.3 is 0 Å². The smallest absolute Gasteiger partial charge is 0.255 e. The summed E-state index contributed by atoms with van der Waals surface area (Å²) in [6.07, 6.45) is 0.234. The van der Waals surface area contributed by atoms with Gasteiger partial charge in [-0.05, 0) is 44.9 Å². The number of fused-ring (bicyclic) bond motifs is 1. The van der Waals surface area contributed by atoms with Crippen molar-refractivity contribution in [3.8, 4) is 0 Å². The van der Waals surface area contributed by atoms with Crippen molar-refractivity contribution in [2.45, 2.75) is 33.2 Å². The summed E-state index contributed by atoms with van der Waals surface area (Å²) in [4.78, 5) is 31.7. The number of nitrogens with zero attached hydrogens (tertiary/aromatic N) is 2. The topological polar surface area (TPSA) is 82.5 Å². The van der Waals surface area contributed by atoms with Crippen LogP contribution in [-0.2, 0) is 4.79 Å². The Kier molecular flexibility index (Phi) is 4.72. The third-order valence-corrected chi connectivity index (χ3v) is 4.84. The van der Waals surface area contributed by atoms with E-state index in [9.17, 15) is 14.7 Å². The number of rotatable bonds is 3. The number of aliphatic hydroxyl groups excluding tert-OH is 1. The van der Waals surface area contributed by atoms with Crippen LogP contribution in [0.3, 0.4) is 0 Å². The van der Waals surface area contributed by atoms with Crippen molar-refractivity contribution in [2.75, 3.05) is 19.7 Å². The third kappa shape index (κ3) is 3.09. The predicted octanol–water partition coefficient (Wildman–Crippen LogP) is 1.48. The van der Waals surface area contributed by atoms with Gasteiger partial charge in [-0.25, -0.2) is 0 Å². The maximum absolute atomic E-state index is 13.4. The highest BCUT2D eigenvalue weighted by atomic mass is 16.3. The first kappa shape index (κ1) is 17.4. The van der Waals surface area contributed by atoms with E-state index < -0.39 is 6.04 Å². The molecule has 0 bridgehead atoms. The minimum Gasteiger partial charge on any atom is -0.396 e. The quantitative estimate of drug-likeness (QED) is 0.886. The molecule has 1 aliphatic heterocycles. The van der Waals surface area contributed by atoms with Gasteiger partial charge in [-0.15, -0.1) is 0 Å². The highest BCUT2D eigenvalue weighted by Crippen LogP contribution is 2.26. The van der Waals surface area contributed by atoms with Crippen molar-refractivity contribution >= 4 is 22.7 Å². The summed E-state index contributed by atoms with van der Waals surface area (Å²) in [5.41, 5.74) is 4.06. The van der Waals surface area contributed by atoms with Crippen LogP contribution in [0.2, 0.25) is 0 Å². The molecule has 132 valence electrons. The van der Waals surface area contributed by atoms with E-state index in [0.29, 0.717) is 18.7 Å². The second kappa shape index (κ2) is 6.80. The zero-order chi connectivity index (χ0) is 18.1. The molecule has 1 aliphatic rings. The van der Waals surface area contributed by atoms with Crippen molar-refractivity contribution in [3.63, 3.8) is 0 Å². The van der Waals surface area contributed by atoms with Crippen LogP contribution in [0.5, 0.6) is 0 Å². The van der Waals surface area contributed by atoms with E-state index in [4.69, 9.17) is 0 Å². The normalized spacial score (nSPS) is 17.7. The molecule has 2 aromatic rings. The van der Waals surface area contributed by atoms with Crippen LogP contribution < -0.4 is 5.32 Å².